The summed E-state index contributed by atoms with van der Waals surface area (Å²) in [5.74, 6) is -1.06. The van der Waals surface area contributed by atoms with E-state index in [-0.39, 0.29) is 23.1 Å². The maximum atomic E-state index is 14.1. The summed E-state index contributed by atoms with van der Waals surface area (Å²) in [6.45, 7) is 1.33. The number of anilines is 2. The number of nitrogens with zero attached hydrogens (tertiary/aromatic N) is 2. The lowest BCUT2D eigenvalue weighted by atomic mass is 10.1. The van der Waals surface area contributed by atoms with Crippen molar-refractivity contribution in [2.75, 3.05) is 4.90 Å². The number of hydrogen-bond donors (Lipinski definition) is 1. The monoisotopic (exact) mass is 382 g/mol. The lowest BCUT2D eigenvalue weighted by molar-refractivity contribution is -0.115. The second kappa shape index (κ2) is 7.92. The number of amides is 1. The normalized spacial score (nSPS) is 10.9. The highest BCUT2D eigenvalue weighted by Crippen LogP contribution is 2.31. The van der Waals surface area contributed by atoms with Crippen molar-refractivity contribution in [2.45, 2.75) is 6.92 Å². The summed E-state index contributed by atoms with van der Waals surface area (Å²) in [6, 6.07) is 11.9. The molecular weight excluding hydrogens is 367 g/mol. The Hall–Kier alpha value is -3.32. The van der Waals surface area contributed by atoms with Crippen LogP contribution in [0.3, 0.4) is 0 Å². The Morgan fingerprint density at radius 1 is 1.15 bits per heavy atom. The molecule has 0 bridgehead atoms. The van der Waals surface area contributed by atoms with Gasteiger partial charge < -0.3 is 5.11 Å². The topological polar surface area (TPSA) is 70.5 Å². The Bertz CT molecular complexity index is 1010. The molecule has 0 fully saturated rings. The molecule has 7 heteroatoms. The molecule has 0 spiro atoms. The minimum atomic E-state index is -0.525. The first-order chi connectivity index (χ1) is 13.0. The van der Waals surface area contributed by atoms with Gasteiger partial charge in [0.1, 0.15) is 11.6 Å². The van der Waals surface area contributed by atoms with Gasteiger partial charge in [0.2, 0.25) is 5.91 Å². The fraction of sp³-hybridized carbons (Fsp3) is 0.0500. The van der Waals surface area contributed by atoms with E-state index in [1.807, 2.05) is 0 Å². The predicted octanol–water partition coefficient (Wildman–Crippen LogP) is 4.57. The van der Waals surface area contributed by atoms with Crippen molar-refractivity contribution in [3.8, 4) is 5.75 Å². The number of phenols is 1. The SMILES string of the molecule is CC(=O)N(c1nc(/C=C/C(=O)c2ccc(O)cc2)cs1)c1ccccc1F. The number of aromatic nitrogens is 1. The van der Waals surface area contributed by atoms with Crippen LogP contribution in [0.25, 0.3) is 6.08 Å². The van der Waals surface area contributed by atoms with Crippen LogP contribution in [-0.4, -0.2) is 21.8 Å². The van der Waals surface area contributed by atoms with Crippen molar-refractivity contribution in [2.24, 2.45) is 0 Å². The standard InChI is InChI=1S/C20H15FN2O3S/c1-13(24)23(18-5-3-2-4-17(18)21)20-22-15(12-27-20)8-11-19(26)14-6-9-16(25)10-7-14/h2-12,25H,1H3/b11-8+. The van der Waals surface area contributed by atoms with Crippen molar-refractivity contribution in [1.82, 2.24) is 4.98 Å². The Morgan fingerprint density at radius 3 is 2.52 bits per heavy atom. The number of allylic oxidation sites excluding steroid dienone is 1. The van der Waals surface area contributed by atoms with Crippen LogP contribution in [0, 0.1) is 5.82 Å². The number of halogens is 1. The van der Waals surface area contributed by atoms with Gasteiger partial charge in [0.15, 0.2) is 10.9 Å². The number of benzene rings is 2. The fourth-order valence-corrected chi connectivity index (χ4v) is 3.23. The van der Waals surface area contributed by atoms with Gasteiger partial charge in [-0.1, -0.05) is 12.1 Å². The van der Waals surface area contributed by atoms with Crippen LogP contribution in [0.2, 0.25) is 0 Å². The molecule has 2 aromatic carbocycles. The van der Waals surface area contributed by atoms with E-state index in [0.29, 0.717) is 16.4 Å². The molecule has 1 heterocycles. The molecule has 0 saturated heterocycles. The number of aromatic hydroxyl groups is 1. The second-order valence-corrected chi connectivity index (χ2v) is 6.44. The number of carbonyl (C=O) groups excluding carboxylic acids is 2. The zero-order valence-corrected chi connectivity index (χ0v) is 15.1. The first kappa shape index (κ1) is 18.5. The summed E-state index contributed by atoms with van der Waals surface area (Å²) in [5.41, 5.74) is 1.02. The van der Waals surface area contributed by atoms with Crippen LogP contribution in [0.1, 0.15) is 23.0 Å². The van der Waals surface area contributed by atoms with E-state index in [0.717, 1.165) is 0 Å². The fourth-order valence-electron chi connectivity index (χ4n) is 2.38. The molecule has 3 aromatic rings. The molecule has 27 heavy (non-hydrogen) atoms. The highest BCUT2D eigenvalue weighted by atomic mass is 32.1. The van der Waals surface area contributed by atoms with E-state index in [1.165, 1.54) is 71.7 Å². The Balaban J connectivity index is 1.82. The number of thiazole rings is 1. The van der Waals surface area contributed by atoms with Crippen LogP contribution in [0.4, 0.5) is 15.2 Å². The molecule has 0 unspecified atom stereocenters. The summed E-state index contributed by atoms with van der Waals surface area (Å²) in [4.78, 5) is 29.7. The van der Waals surface area contributed by atoms with Crippen molar-refractivity contribution in [3.63, 3.8) is 0 Å². The molecule has 0 radical (unpaired) electrons. The summed E-state index contributed by atoms with van der Waals surface area (Å²) < 4.78 is 14.1. The van der Waals surface area contributed by atoms with Crippen LogP contribution in [0.15, 0.2) is 60.0 Å². The number of phenolic OH excluding ortho intramolecular Hbond substituents is 1. The van der Waals surface area contributed by atoms with Crippen LogP contribution in [0.5, 0.6) is 5.75 Å². The maximum absolute atomic E-state index is 14.1. The Morgan fingerprint density at radius 2 is 1.85 bits per heavy atom. The largest absolute Gasteiger partial charge is 0.508 e. The first-order valence-electron chi connectivity index (χ1n) is 7.98. The Labute approximate surface area is 159 Å². The van der Waals surface area contributed by atoms with Crippen LogP contribution < -0.4 is 4.90 Å². The van der Waals surface area contributed by atoms with Gasteiger partial charge >= 0.3 is 0 Å². The van der Waals surface area contributed by atoms with E-state index in [2.05, 4.69) is 4.98 Å². The average molecular weight is 382 g/mol. The second-order valence-electron chi connectivity index (χ2n) is 5.61. The molecule has 0 saturated carbocycles. The van der Waals surface area contributed by atoms with Gasteiger partial charge in [-0.3, -0.25) is 14.5 Å². The van der Waals surface area contributed by atoms with E-state index >= 15 is 0 Å². The molecule has 0 aliphatic rings. The zero-order valence-electron chi connectivity index (χ0n) is 14.3. The van der Waals surface area contributed by atoms with Crippen LogP contribution >= 0.6 is 11.3 Å². The van der Waals surface area contributed by atoms with Gasteiger partial charge in [0.05, 0.1) is 11.4 Å². The van der Waals surface area contributed by atoms with Crippen molar-refractivity contribution < 1.29 is 19.1 Å². The first-order valence-corrected chi connectivity index (χ1v) is 8.86. The number of rotatable bonds is 5. The maximum Gasteiger partial charge on any atom is 0.230 e. The highest BCUT2D eigenvalue weighted by Gasteiger charge is 2.20. The minimum absolute atomic E-state index is 0.0807. The van der Waals surface area contributed by atoms with Gasteiger partial charge in [-0.05, 0) is 48.6 Å². The lowest BCUT2D eigenvalue weighted by Crippen LogP contribution is -2.23. The van der Waals surface area contributed by atoms with Gasteiger partial charge in [0.25, 0.3) is 0 Å². The minimum Gasteiger partial charge on any atom is -0.508 e. The van der Waals surface area contributed by atoms with E-state index < -0.39 is 5.82 Å². The Kier molecular flexibility index (Phi) is 5.42. The highest BCUT2D eigenvalue weighted by molar-refractivity contribution is 7.14. The predicted molar refractivity (Wildman–Crippen MR) is 103 cm³/mol. The molecule has 1 amide bonds. The molecule has 0 aliphatic carbocycles. The molecule has 136 valence electrons. The van der Waals surface area contributed by atoms with E-state index in [4.69, 9.17) is 0 Å². The molecule has 1 aromatic heterocycles. The number of hydrogen-bond acceptors (Lipinski definition) is 5. The molecule has 1 N–H and O–H groups in total. The third kappa shape index (κ3) is 4.27. The van der Waals surface area contributed by atoms with Gasteiger partial charge in [0, 0.05) is 17.9 Å². The summed E-state index contributed by atoms with van der Waals surface area (Å²) >= 11 is 1.17. The number of carbonyl (C=O) groups is 2. The number of para-hydroxylation sites is 1. The van der Waals surface area contributed by atoms with E-state index in [9.17, 15) is 19.1 Å². The van der Waals surface area contributed by atoms with Gasteiger partial charge in [-0.25, -0.2) is 9.37 Å². The summed E-state index contributed by atoms with van der Waals surface area (Å²) in [7, 11) is 0. The summed E-state index contributed by atoms with van der Waals surface area (Å²) in [5, 5.41) is 11.2. The van der Waals surface area contributed by atoms with Crippen molar-refractivity contribution in [1.29, 1.82) is 0 Å². The summed E-state index contributed by atoms with van der Waals surface area (Å²) in [6.07, 6.45) is 2.88. The van der Waals surface area contributed by atoms with Crippen molar-refractivity contribution in [3.05, 3.63) is 77.1 Å². The van der Waals surface area contributed by atoms with Gasteiger partial charge in [-0.2, -0.15) is 0 Å². The lowest BCUT2D eigenvalue weighted by Gasteiger charge is -2.18. The third-order valence-corrected chi connectivity index (χ3v) is 4.51. The third-order valence-electron chi connectivity index (χ3n) is 3.67. The van der Waals surface area contributed by atoms with Crippen LogP contribution in [-0.2, 0) is 4.79 Å². The molecule has 5 nitrogen and oxygen atoms in total. The quantitative estimate of drug-likeness (QED) is 0.518. The van der Waals surface area contributed by atoms with Crippen molar-refractivity contribution >= 4 is 39.9 Å². The smallest absolute Gasteiger partial charge is 0.230 e. The van der Waals surface area contributed by atoms with E-state index in [1.54, 1.807) is 17.5 Å². The molecule has 0 aliphatic heterocycles. The van der Waals surface area contributed by atoms with Gasteiger partial charge in [-0.15, -0.1) is 11.3 Å². The zero-order chi connectivity index (χ0) is 19.4. The molecule has 0 atom stereocenters. The molecule has 3 rings (SSSR count). The number of ketones is 1. The molecular formula is C20H15FN2O3S. The average Bonchev–Trinajstić information content (AvgIpc) is 3.10.